The van der Waals surface area contributed by atoms with Gasteiger partial charge in [0.05, 0.1) is 0 Å². The van der Waals surface area contributed by atoms with Crippen LogP contribution in [0.25, 0.3) is 0 Å². The molecule has 2 rings (SSSR count). The maximum absolute atomic E-state index is 4.51. The van der Waals surface area contributed by atoms with E-state index in [2.05, 4.69) is 22.1 Å². The van der Waals surface area contributed by atoms with E-state index in [1.807, 2.05) is 55.2 Å². The lowest BCUT2D eigenvalue weighted by molar-refractivity contribution is 0.861. The summed E-state index contributed by atoms with van der Waals surface area (Å²) in [5.74, 6) is 1.66. The van der Waals surface area contributed by atoms with Gasteiger partial charge in [0.15, 0.2) is 0 Å². The topological polar surface area (TPSA) is 32.3 Å². The molecule has 2 aromatic rings. The molecule has 0 N–H and O–H groups in total. The van der Waals surface area contributed by atoms with Crippen LogP contribution in [0, 0.1) is 0 Å². The molecule has 0 saturated heterocycles. The van der Waals surface area contributed by atoms with Crippen molar-refractivity contribution in [2.45, 2.75) is 6.54 Å². The molecule has 0 aliphatic carbocycles. The Kier molecular flexibility index (Phi) is 3.77. The minimum absolute atomic E-state index is 0.741. The second kappa shape index (κ2) is 5.49. The summed E-state index contributed by atoms with van der Waals surface area (Å²) in [7, 11) is 5.95. The lowest BCUT2D eigenvalue weighted by atomic mass is 10.2. The third-order valence-electron chi connectivity index (χ3n) is 2.69. The highest BCUT2D eigenvalue weighted by Gasteiger charge is 2.06. The van der Waals surface area contributed by atoms with Crippen LogP contribution in [0.2, 0.25) is 0 Å². The van der Waals surface area contributed by atoms with Gasteiger partial charge < -0.3 is 9.80 Å². The largest absolute Gasteiger partial charge is 0.363 e. The summed E-state index contributed by atoms with van der Waals surface area (Å²) in [4.78, 5) is 12.8. The molecule has 0 fully saturated rings. The van der Waals surface area contributed by atoms with Crippen LogP contribution in [0.3, 0.4) is 0 Å². The van der Waals surface area contributed by atoms with E-state index in [1.165, 1.54) is 5.56 Å². The summed E-state index contributed by atoms with van der Waals surface area (Å²) in [5, 5.41) is 0. The van der Waals surface area contributed by atoms with Crippen molar-refractivity contribution in [2.75, 3.05) is 30.9 Å². The normalized spacial score (nSPS) is 10.2. The second-order valence-corrected chi connectivity index (χ2v) is 4.45. The number of aromatic nitrogens is 2. The zero-order valence-electron chi connectivity index (χ0n) is 11.0. The minimum atomic E-state index is 0.741. The van der Waals surface area contributed by atoms with E-state index >= 15 is 0 Å². The van der Waals surface area contributed by atoms with Crippen molar-refractivity contribution in [3.8, 4) is 0 Å². The second-order valence-electron chi connectivity index (χ2n) is 4.45. The minimum Gasteiger partial charge on any atom is -0.363 e. The van der Waals surface area contributed by atoms with Crippen molar-refractivity contribution in [3.05, 3.63) is 48.2 Å². The molecule has 1 aromatic carbocycles. The first-order chi connectivity index (χ1) is 8.66. The van der Waals surface area contributed by atoms with Crippen molar-refractivity contribution in [2.24, 2.45) is 0 Å². The molecule has 94 valence electrons. The van der Waals surface area contributed by atoms with Gasteiger partial charge >= 0.3 is 0 Å². The van der Waals surface area contributed by atoms with Crippen molar-refractivity contribution in [1.82, 2.24) is 9.97 Å². The molecule has 0 amide bonds. The maximum atomic E-state index is 4.51. The molecule has 0 aliphatic rings. The van der Waals surface area contributed by atoms with Crippen LogP contribution in [-0.2, 0) is 6.54 Å². The van der Waals surface area contributed by atoms with E-state index in [0.717, 1.165) is 18.3 Å². The fraction of sp³-hybridized carbons (Fsp3) is 0.286. The Morgan fingerprint density at radius 3 is 2.39 bits per heavy atom. The number of anilines is 2. The maximum Gasteiger partial charge on any atom is 0.227 e. The van der Waals surface area contributed by atoms with Gasteiger partial charge in [-0.3, -0.25) is 0 Å². The van der Waals surface area contributed by atoms with E-state index < -0.39 is 0 Å². The highest BCUT2D eigenvalue weighted by molar-refractivity contribution is 5.42. The summed E-state index contributed by atoms with van der Waals surface area (Å²) in [6.45, 7) is 0.803. The van der Waals surface area contributed by atoms with Gasteiger partial charge in [0.2, 0.25) is 5.95 Å². The molecule has 18 heavy (non-hydrogen) atoms. The van der Waals surface area contributed by atoms with E-state index in [1.54, 1.807) is 6.20 Å². The van der Waals surface area contributed by atoms with Crippen molar-refractivity contribution < 1.29 is 0 Å². The van der Waals surface area contributed by atoms with Crippen molar-refractivity contribution in [1.29, 1.82) is 0 Å². The molecule has 0 aliphatic heterocycles. The Hall–Kier alpha value is -2.10. The third-order valence-corrected chi connectivity index (χ3v) is 2.69. The van der Waals surface area contributed by atoms with Crippen LogP contribution < -0.4 is 9.80 Å². The Morgan fingerprint density at radius 1 is 1.00 bits per heavy atom. The Balaban J connectivity index is 2.14. The molecule has 1 heterocycles. The molecule has 1 aromatic heterocycles. The van der Waals surface area contributed by atoms with Gasteiger partial charge in [-0.25, -0.2) is 4.98 Å². The first kappa shape index (κ1) is 12.4. The fourth-order valence-electron chi connectivity index (χ4n) is 1.70. The number of rotatable bonds is 4. The molecule has 4 heteroatoms. The molecule has 0 atom stereocenters. The molecular formula is C14H18N4. The molecule has 0 spiro atoms. The van der Waals surface area contributed by atoms with Gasteiger partial charge in [-0.2, -0.15) is 4.98 Å². The standard InChI is InChI=1S/C14H18N4/c1-17(2)13-9-10-15-14(16-13)18(3)11-12-7-5-4-6-8-12/h4-10H,11H2,1-3H3. The lowest BCUT2D eigenvalue weighted by Gasteiger charge is -2.19. The molecule has 0 unspecified atom stereocenters. The molecule has 0 radical (unpaired) electrons. The average molecular weight is 242 g/mol. The van der Waals surface area contributed by atoms with Crippen LogP contribution in [0.15, 0.2) is 42.6 Å². The summed E-state index contributed by atoms with van der Waals surface area (Å²) in [5.41, 5.74) is 1.25. The van der Waals surface area contributed by atoms with Gasteiger partial charge in [-0.15, -0.1) is 0 Å². The zero-order valence-corrected chi connectivity index (χ0v) is 11.0. The lowest BCUT2D eigenvalue weighted by Crippen LogP contribution is -2.20. The summed E-state index contributed by atoms with van der Waals surface area (Å²) in [6, 6.07) is 12.2. The van der Waals surface area contributed by atoms with Crippen LogP contribution in [0.5, 0.6) is 0 Å². The van der Waals surface area contributed by atoms with Crippen LogP contribution >= 0.6 is 0 Å². The predicted octanol–water partition coefficient (Wildman–Crippen LogP) is 2.18. The molecule has 0 saturated carbocycles. The predicted molar refractivity (Wildman–Crippen MR) is 74.9 cm³/mol. The first-order valence-corrected chi connectivity index (χ1v) is 5.92. The Labute approximate surface area is 108 Å². The van der Waals surface area contributed by atoms with Crippen LogP contribution in [0.4, 0.5) is 11.8 Å². The van der Waals surface area contributed by atoms with Crippen molar-refractivity contribution >= 4 is 11.8 Å². The van der Waals surface area contributed by atoms with Crippen LogP contribution in [0.1, 0.15) is 5.56 Å². The number of hydrogen-bond donors (Lipinski definition) is 0. The molecule has 4 nitrogen and oxygen atoms in total. The van der Waals surface area contributed by atoms with Gasteiger partial charge in [0.25, 0.3) is 0 Å². The van der Waals surface area contributed by atoms with Gasteiger partial charge in [-0.1, -0.05) is 30.3 Å². The zero-order chi connectivity index (χ0) is 13.0. The van der Waals surface area contributed by atoms with E-state index in [4.69, 9.17) is 0 Å². The van der Waals surface area contributed by atoms with Gasteiger partial charge in [0.1, 0.15) is 5.82 Å². The number of nitrogens with zero attached hydrogens (tertiary/aromatic N) is 4. The Bertz CT molecular complexity index is 496. The van der Waals surface area contributed by atoms with Gasteiger partial charge in [-0.05, 0) is 11.6 Å². The molecule has 0 bridgehead atoms. The summed E-state index contributed by atoms with van der Waals surface area (Å²) >= 11 is 0. The first-order valence-electron chi connectivity index (χ1n) is 5.92. The summed E-state index contributed by atoms with van der Waals surface area (Å²) < 4.78 is 0. The van der Waals surface area contributed by atoms with E-state index in [-0.39, 0.29) is 0 Å². The smallest absolute Gasteiger partial charge is 0.227 e. The van der Waals surface area contributed by atoms with Gasteiger partial charge in [0, 0.05) is 33.9 Å². The SMILES string of the molecule is CN(C)c1ccnc(N(C)Cc2ccccc2)n1. The third kappa shape index (κ3) is 2.97. The molecular weight excluding hydrogens is 224 g/mol. The number of hydrogen-bond acceptors (Lipinski definition) is 4. The quantitative estimate of drug-likeness (QED) is 0.822. The van der Waals surface area contributed by atoms with E-state index in [0.29, 0.717) is 0 Å². The average Bonchev–Trinajstić information content (AvgIpc) is 2.40. The summed E-state index contributed by atoms with van der Waals surface area (Å²) in [6.07, 6.45) is 1.79. The van der Waals surface area contributed by atoms with Crippen LogP contribution in [-0.4, -0.2) is 31.1 Å². The highest BCUT2D eigenvalue weighted by atomic mass is 15.3. The fourth-order valence-corrected chi connectivity index (χ4v) is 1.70. The van der Waals surface area contributed by atoms with E-state index in [9.17, 15) is 0 Å². The Morgan fingerprint density at radius 2 is 1.72 bits per heavy atom. The highest BCUT2D eigenvalue weighted by Crippen LogP contribution is 2.13. The number of benzene rings is 1. The monoisotopic (exact) mass is 242 g/mol. The van der Waals surface area contributed by atoms with Crippen molar-refractivity contribution in [3.63, 3.8) is 0 Å².